The van der Waals surface area contributed by atoms with Gasteiger partial charge in [0.25, 0.3) is 0 Å². The average Bonchev–Trinajstić information content (AvgIpc) is 3.18. The van der Waals surface area contributed by atoms with E-state index in [-0.39, 0.29) is 0 Å². The fourth-order valence-corrected chi connectivity index (χ4v) is 7.06. The van der Waals surface area contributed by atoms with Crippen LogP contribution in [-0.2, 0) is 13.2 Å². The van der Waals surface area contributed by atoms with Gasteiger partial charge in [-0.15, -0.1) is 11.3 Å². The number of hydrogen-bond donors (Lipinski definition) is 1. The summed E-state index contributed by atoms with van der Waals surface area (Å²) in [4.78, 5) is 1.27. The van der Waals surface area contributed by atoms with E-state index in [9.17, 15) is 0 Å². The Bertz CT molecular complexity index is 716. The Morgan fingerprint density at radius 1 is 1.04 bits per heavy atom. The van der Waals surface area contributed by atoms with E-state index in [4.69, 9.17) is 4.74 Å². The SMILES string of the molecule is C[C@H](NCc1ccc(OCc2cccs2)cc1)C12CC3CC(CC(C3)C1)C2. The molecule has 144 valence electrons. The maximum Gasteiger partial charge on any atom is 0.122 e. The first-order valence-corrected chi connectivity index (χ1v) is 11.5. The molecule has 27 heavy (non-hydrogen) atoms. The van der Waals surface area contributed by atoms with Gasteiger partial charge in [0.2, 0.25) is 0 Å². The molecule has 1 aromatic carbocycles. The van der Waals surface area contributed by atoms with Gasteiger partial charge in [-0.2, -0.15) is 0 Å². The van der Waals surface area contributed by atoms with E-state index >= 15 is 0 Å². The lowest BCUT2D eigenvalue weighted by molar-refractivity contribution is -0.0706. The number of hydrogen-bond acceptors (Lipinski definition) is 3. The summed E-state index contributed by atoms with van der Waals surface area (Å²) in [6, 6.07) is 13.5. The second-order valence-corrected chi connectivity index (χ2v) is 10.4. The predicted molar refractivity (Wildman–Crippen MR) is 112 cm³/mol. The fourth-order valence-electron chi connectivity index (χ4n) is 6.45. The van der Waals surface area contributed by atoms with E-state index in [0.717, 1.165) is 30.0 Å². The Morgan fingerprint density at radius 3 is 2.30 bits per heavy atom. The fraction of sp³-hybridized carbons (Fsp3) is 0.583. The molecule has 2 aromatic rings. The van der Waals surface area contributed by atoms with Gasteiger partial charge >= 0.3 is 0 Å². The molecule has 4 aliphatic rings. The zero-order valence-electron chi connectivity index (χ0n) is 16.3. The van der Waals surface area contributed by atoms with Crippen molar-refractivity contribution in [1.29, 1.82) is 0 Å². The number of rotatable bonds is 7. The summed E-state index contributed by atoms with van der Waals surface area (Å²) in [5, 5.41) is 5.99. The van der Waals surface area contributed by atoms with Crippen LogP contribution in [0.5, 0.6) is 5.75 Å². The summed E-state index contributed by atoms with van der Waals surface area (Å²) in [7, 11) is 0. The summed E-state index contributed by atoms with van der Waals surface area (Å²) in [6.45, 7) is 4.08. The van der Waals surface area contributed by atoms with Crippen molar-refractivity contribution >= 4 is 11.3 Å². The minimum absolute atomic E-state index is 0.582. The first kappa shape index (κ1) is 17.8. The van der Waals surface area contributed by atoms with E-state index in [0.29, 0.717) is 18.1 Å². The molecule has 1 aromatic heterocycles. The Morgan fingerprint density at radius 2 is 1.70 bits per heavy atom. The summed E-state index contributed by atoms with van der Waals surface area (Å²) >= 11 is 1.74. The van der Waals surface area contributed by atoms with Crippen molar-refractivity contribution in [3.8, 4) is 5.75 Å². The topological polar surface area (TPSA) is 21.3 Å². The molecule has 6 rings (SSSR count). The van der Waals surface area contributed by atoms with Crippen LogP contribution in [0.3, 0.4) is 0 Å². The second kappa shape index (κ2) is 7.25. The third-order valence-electron chi connectivity index (χ3n) is 7.50. The number of nitrogens with one attached hydrogen (secondary N) is 1. The number of benzene rings is 1. The van der Waals surface area contributed by atoms with Crippen LogP contribution >= 0.6 is 11.3 Å². The van der Waals surface area contributed by atoms with Crippen LogP contribution < -0.4 is 10.1 Å². The molecule has 4 saturated carbocycles. The van der Waals surface area contributed by atoms with Crippen LogP contribution in [-0.4, -0.2) is 6.04 Å². The van der Waals surface area contributed by atoms with Crippen LogP contribution in [0.15, 0.2) is 41.8 Å². The largest absolute Gasteiger partial charge is 0.488 e. The molecule has 0 saturated heterocycles. The monoisotopic (exact) mass is 381 g/mol. The first-order valence-electron chi connectivity index (χ1n) is 10.7. The molecule has 4 fully saturated rings. The van der Waals surface area contributed by atoms with Crippen molar-refractivity contribution in [2.75, 3.05) is 0 Å². The van der Waals surface area contributed by atoms with E-state index in [1.165, 1.54) is 49.0 Å². The minimum Gasteiger partial charge on any atom is -0.488 e. The van der Waals surface area contributed by atoms with Crippen LogP contribution in [0.2, 0.25) is 0 Å². The number of ether oxygens (including phenoxy) is 1. The standard InChI is InChI=1S/C24H31NOS/c1-17(24-12-19-9-20(13-24)11-21(10-19)14-24)25-15-18-4-6-22(7-5-18)26-16-23-3-2-8-27-23/h2-8,17,19-21,25H,9-16H2,1H3/t17-,19?,20?,21?,24?/m0/s1. The zero-order valence-corrected chi connectivity index (χ0v) is 17.1. The summed E-state index contributed by atoms with van der Waals surface area (Å²) < 4.78 is 5.89. The highest BCUT2D eigenvalue weighted by Gasteiger charge is 2.52. The van der Waals surface area contributed by atoms with Crippen molar-refractivity contribution in [1.82, 2.24) is 5.32 Å². The molecular weight excluding hydrogens is 350 g/mol. The summed E-state index contributed by atoms with van der Waals surface area (Å²) in [6.07, 6.45) is 9.00. The Balaban J connectivity index is 1.15. The minimum atomic E-state index is 0.582. The number of thiophene rings is 1. The van der Waals surface area contributed by atoms with Crippen LogP contribution in [0, 0.1) is 23.2 Å². The molecule has 2 nitrogen and oxygen atoms in total. The van der Waals surface area contributed by atoms with E-state index in [1.54, 1.807) is 11.3 Å². The molecular formula is C24H31NOS. The lowest BCUT2D eigenvalue weighted by atomic mass is 9.48. The van der Waals surface area contributed by atoms with Gasteiger partial charge in [-0.05, 0) is 97.8 Å². The molecule has 0 radical (unpaired) electrons. The molecule has 0 spiro atoms. The zero-order chi connectivity index (χ0) is 18.3. The van der Waals surface area contributed by atoms with Crippen LogP contribution in [0.4, 0.5) is 0 Å². The smallest absolute Gasteiger partial charge is 0.122 e. The molecule has 1 atom stereocenters. The molecule has 1 N–H and O–H groups in total. The first-order chi connectivity index (χ1) is 13.2. The lowest BCUT2D eigenvalue weighted by Gasteiger charge is -2.59. The summed E-state index contributed by atoms with van der Waals surface area (Å²) in [5.41, 5.74) is 1.94. The molecule has 1 heterocycles. The molecule has 0 unspecified atom stereocenters. The van der Waals surface area contributed by atoms with Crippen molar-refractivity contribution in [2.45, 2.75) is 64.6 Å². The molecule has 0 aliphatic heterocycles. The predicted octanol–water partition coefficient (Wildman–Crippen LogP) is 6.02. The maximum atomic E-state index is 5.89. The van der Waals surface area contributed by atoms with E-state index in [2.05, 4.69) is 54.0 Å². The van der Waals surface area contributed by atoms with Crippen LogP contribution in [0.25, 0.3) is 0 Å². The van der Waals surface area contributed by atoms with Gasteiger partial charge in [0, 0.05) is 17.5 Å². The van der Waals surface area contributed by atoms with Gasteiger partial charge in [-0.25, -0.2) is 0 Å². The Labute approximate surface area is 167 Å². The molecule has 0 amide bonds. The van der Waals surface area contributed by atoms with Crippen LogP contribution in [0.1, 0.15) is 55.9 Å². The van der Waals surface area contributed by atoms with Gasteiger partial charge in [-0.1, -0.05) is 18.2 Å². The quantitative estimate of drug-likeness (QED) is 0.633. The second-order valence-electron chi connectivity index (χ2n) is 9.39. The van der Waals surface area contributed by atoms with E-state index in [1.807, 2.05) is 0 Å². The lowest BCUT2D eigenvalue weighted by Crippen LogP contribution is -2.54. The van der Waals surface area contributed by atoms with Gasteiger partial charge in [0.15, 0.2) is 0 Å². The van der Waals surface area contributed by atoms with Gasteiger partial charge in [-0.3, -0.25) is 0 Å². The molecule has 4 aliphatic carbocycles. The third kappa shape index (κ3) is 3.69. The van der Waals surface area contributed by atoms with Crippen molar-refractivity contribution in [3.63, 3.8) is 0 Å². The highest BCUT2D eigenvalue weighted by Crippen LogP contribution is 2.61. The molecule has 4 bridgehead atoms. The van der Waals surface area contributed by atoms with Gasteiger partial charge < -0.3 is 10.1 Å². The Hall–Kier alpha value is -1.32. The van der Waals surface area contributed by atoms with E-state index < -0.39 is 0 Å². The molecule has 3 heteroatoms. The maximum absolute atomic E-state index is 5.89. The normalized spacial score (nSPS) is 32.6. The average molecular weight is 382 g/mol. The van der Waals surface area contributed by atoms with Crippen molar-refractivity contribution < 1.29 is 4.74 Å². The Kier molecular flexibility index (Phi) is 4.77. The van der Waals surface area contributed by atoms with Gasteiger partial charge in [0.1, 0.15) is 12.4 Å². The van der Waals surface area contributed by atoms with Crippen molar-refractivity contribution in [2.24, 2.45) is 23.2 Å². The summed E-state index contributed by atoms with van der Waals surface area (Å²) in [5.74, 6) is 4.04. The third-order valence-corrected chi connectivity index (χ3v) is 8.35. The highest BCUT2D eigenvalue weighted by atomic mass is 32.1. The highest BCUT2D eigenvalue weighted by molar-refractivity contribution is 7.09. The van der Waals surface area contributed by atoms with Gasteiger partial charge in [0.05, 0.1) is 0 Å². The van der Waals surface area contributed by atoms with Crippen molar-refractivity contribution in [3.05, 3.63) is 52.2 Å².